The summed E-state index contributed by atoms with van der Waals surface area (Å²) in [4.78, 5) is 21.6. The summed E-state index contributed by atoms with van der Waals surface area (Å²) in [5.41, 5.74) is 5.90. The molecule has 0 saturated carbocycles. The number of aromatic nitrogens is 1. The Bertz CT molecular complexity index is 492. The monoisotopic (exact) mass is 311 g/mol. The van der Waals surface area contributed by atoms with Gasteiger partial charge in [-0.3, -0.25) is 9.69 Å². The van der Waals surface area contributed by atoms with Gasteiger partial charge in [0.25, 0.3) is 5.91 Å². The van der Waals surface area contributed by atoms with Gasteiger partial charge in [0.05, 0.1) is 0 Å². The molecule has 21 heavy (non-hydrogen) atoms. The predicted molar refractivity (Wildman–Crippen MR) is 87.9 cm³/mol. The molecule has 2 rings (SSSR count). The molecular formula is C14H25N5OS. The normalized spacial score (nSPS) is 16.8. The van der Waals surface area contributed by atoms with Crippen molar-refractivity contribution in [3.05, 3.63) is 4.88 Å². The molecule has 3 N–H and O–H groups in total. The van der Waals surface area contributed by atoms with Crippen LogP contribution in [0.5, 0.6) is 0 Å². The molecule has 1 fully saturated rings. The molecular weight excluding hydrogens is 286 g/mol. The fourth-order valence-electron chi connectivity index (χ4n) is 2.38. The van der Waals surface area contributed by atoms with Crippen molar-refractivity contribution in [2.75, 3.05) is 37.2 Å². The Labute approximate surface area is 130 Å². The fraction of sp³-hybridized carbons (Fsp3) is 0.714. The number of anilines is 2. The van der Waals surface area contributed by atoms with Crippen LogP contribution in [0.3, 0.4) is 0 Å². The van der Waals surface area contributed by atoms with Crippen molar-refractivity contribution in [2.24, 2.45) is 0 Å². The number of amides is 1. The van der Waals surface area contributed by atoms with Crippen LogP contribution in [0.1, 0.15) is 37.4 Å². The van der Waals surface area contributed by atoms with E-state index in [2.05, 4.69) is 29.0 Å². The molecule has 1 aliphatic rings. The zero-order valence-electron chi connectivity index (χ0n) is 13.2. The number of nitrogens with one attached hydrogen (secondary N) is 1. The summed E-state index contributed by atoms with van der Waals surface area (Å²) in [7, 11) is 0. The van der Waals surface area contributed by atoms with Gasteiger partial charge >= 0.3 is 0 Å². The Morgan fingerprint density at radius 3 is 2.38 bits per heavy atom. The molecule has 1 aromatic rings. The molecule has 118 valence electrons. The number of thiazole rings is 1. The number of carbonyl (C=O) groups excluding carboxylic acids is 1. The van der Waals surface area contributed by atoms with Gasteiger partial charge in [0.15, 0.2) is 5.13 Å². The van der Waals surface area contributed by atoms with Gasteiger partial charge in [0.2, 0.25) is 0 Å². The van der Waals surface area contributed by atoms with Crippen molar-refractivity contribution in [3.8, 4) is 0 Å². The van der Waals surface area contributed by atoms with Gasteiger partial charge in [-0.1, -0.05) is 11.3 Å². The lowest BCUT2D eigenvalue weighted by molar-refractivity contribution is 0.0601. The van der Waals surface area contributed by atoms with Gasteiger partial charge < -0.3 is 16.0 Å². The number of rotatable bonds is 4. The summed E-state index contributed by atoms with van der Waals surface area (Å²) in [5, 5.41) is 3.91. The topological polar surface area (TPSA) is 74.5 Å². The molecule has 0 radical (unpaired) electrons. The van der Waals surface area contributed by atoms with Crippen LogP contribution in [0.15, 0.2) is 0 Å². The largest absolute Gasteiger partial charge is 0.382 e. The second-order valence-electron chi connectivity index (χ2n) is 5.95. The molecule has 0 bridgehead atoms. The van der Waals surface area contributed by atoms with Crippen molar-refractivity contribution in [3.63, 3.8) is 0 Å². The molecule has 0 unspecified atom stereocenters. The van der Waals surface area contributed by atoms with E-state index in [0.29, 0.717) is 21.9 Å². The van der Waals surface area contributed by atoms with Gasteiger partial charge in [-0.05, 0) is 27.7 Å². The van der Waals surface area contributed by atoms with E-state index in [-0.39, 0.29) is 11.9 Å². The second kappa shape index (κ2) is 6.62. The lowest BCUT2D eigenvalue weighted by Gasteiger charge is -2.36. The highest BCUT2D eigenvalue weighted by atomic mass is 32.1. The van der Waals surface area contributed by atoms with Crippen LogP contribution in [0.4, 0.5) is 10.9 Å². The van der Waals surface area contributed by atoms with Crippen LogP contribution in [0.2, 0.25) is 0 Å². The molecule has 0 aromatic carbocycles. The summed E-state index contributed by atoms with van der Waals surface area (Å²) in [5.74, 6) is 0.338. The fourth-order valence-corrected chi connectivity index (χ4v) is 3.38. The van der Waals surface area contributed by atoms with E-state index in [1.165, 1.54) is 11.3 Å². The van der Waals surface area contributed by atoms with Crippen LogP contribution in [-0.2, 0) is 0 Å². The Balaban J connectivity index is 2.02. The van der Waals surface area contributed by atoms with Crippen molar-refractivity contribution >= 4 is 28.2 Å². The number of hydrogen-bond acceptors (Lipinski definition) is 6. The molecule has 1 amide bonds. The van der Waals surface area contributed by atoms with E-state index < -0.39 is 0 Å². The summed E-state index contributed by atoms with van der Waals surface area (Å²) in [6.07, 6.45) is 0. The number of nitrogens with two attached hydrogens (primary N) is 1. The number of carbonyl (C=O) groups is 1. The number of nitrogens with zero attached hydrogens (tertiary/aromatic N) is 3. The van der Waals surface area contributed by atoms with E-state index in [1.807, 2.05) is 18.7 Å². The molecule has 7 heteroatoms. The third-order valence-corrected chi connectivity index (χ3v) is 4.58. The summed E-state index contributed by atoms with van der Waals surface area (Å²) in [6, 6.07) is 0.797. The minimum Gasteiger partial charge on any atom is -0.382 e. The number of piperazine rings is 1. The predicted octanol–water partition coefficient (Wildman–Crippen LogP) is 1.71. The highest BCUT2D eigenvalue weighted by Gasteiger charge is 2.26. The van der Waals surface area contributed by atoms with Crippen molar-refractivity contribution in [2.45, 2.75) is 39.8 Å². The number of hydrogen-bond donors (Lipinski definition) is 2. The minimum absolute atomic E-state index is 0.00483. The van der Waals surface area contributed by atoms with Crippen molar-refractivity contribution in [1.29, 1.82) is 0 Å². The molecule has 6 nitrogen and oxygen atoms in total. The molecule has 1 aromatic heterocycles. The van der Waals surface area contributed by atoms with Crippen LogP contribution < -0.4 is 11.1 Å². The van der Waals surface area contributed by atoms with Gasteiger partial charge in [-0.25, -0.2) is 4.98 Å². The van der Waals surface area contributed by atoms with Gasteiger partial charge in [-0.15, -0.1) is 0 Å². The van der Waals surface area contributed by atoms with Gasteiger partial charge in [0.1, 0.15) is 10.7 Å². The van der Waals surface area contributed by atoms with Crippen molar-refractivity contribution < 1.29 is 4.79 Å². The van der Waals surface area contributed by atoms with E-state index in [0.717, 1.165) is 26.2 Å². The van der Waals surface area contributed by atoms with Gasteiger partial charge in [-0.2, -0.15) is 0 Å². The van der Waals surface area contributed by atoms with Crippen LogP contribution in [0.25, 0.3) is 0 Å². The van der Waals surface area contributed by atoms with Crippen LogP contribution in [0, 0.1) is 0 Å². The third kappa shape index (κ3) is 3.85. The number of nitrogen functional groups attached to an aromatic ring is 1. The summed E-state index contributed by atoms with van der Waals surface area (Å²) < 4.78 is 0. The van der Waals surface area contributed by atoms with Crippen LogP contribution >= 0.6 is 11.3 Å². The molecule has 0 spiro atoms. The molecule has 0 atom stereocenters. The maximum absolute atomic E-state index is 12.6. The third-order valence-electron chi connectivity index (χ3n) is 3.59. The Morgan fingerprint density at radius 1 is 1.24 bits per heavy atom. The van der Waals surface area contributed by atoms with Gasteiger partial charge in [0, 0.05) is 38.3 Å². The SMILES string of the molecule is CC(C)Nc1nc(N)c(C(=O)N2CCN(C(C)C)CC2)s1. The molecule has 1 saturated heterocycles. The maximum Gasteiger partial charge on any atom is 0.267 e. The smallest absolute Gasteiger partial charge is 0.267 e. The van der Waals surface area contributed by atoms with E-state index in [1.54, 1.807) is 0 Å². The van der Waals surface area contributed by atoms with E-state index >= 15 is 0 Å². The van der Waals surface area contributed by atoms with E-state index in [9.17, 15) is 4.79 Å². The minimum atomic E-state index is 0.00483. The molecule has 2 heterocycles. The lowest BCUT2D eigenvalue weighted by Crippen LogP contribution is -2.50. The second-order valence-corrected chi connectivity index (χ2v) is 6.95. The summed E-state index contributed by atoms with van der Waals surface area (Å²) >= 11 is 1.34. The maximum atomic E-state index is 12.6. The van der Waals surface area contributed by atoms with Crippen molar-refractivity contribution in [1.82, 2.24) is 14.8 Å². The quantitative estimate of drug-likeness (QED) is 0.885. The first-order valence-electron chi connectivity index (χ1n) is 7.44. The van der Waals surface area contributed by atoms with Crippen LogP contribution in [-0.4, -0.2) is 59.0 Å². The Kier molecular flexibility index (Phi) is 5.05. The zero-order chi connectivity index (χ0) is 15.6. The average molecular weight is 311 g/mol. The highest BCUT2D eigenvalue weighted by molar-refractivity contribution is 7.18. The first-order chi connectivity index (χ1) is 9.88. The standard InChI is InChI=1S/C14H25N5OS/c1-9(2)16-14-17-12(15)11(21-14)13(20)19-7-5-18(6-8-19)10(3)4/h9-10H,5-8,15H2,1-4H3,(H,16,17). The first-order valence-corrected chi connectivity index (χ1v) is 8.26. The van der Waals surface area contributed by atoms with E-state index in [4.69, 9.17) is 5.73 Å². The average Bonchev–Trinajstić information content (AvgIpc) is 2.78. The zero-order valence-corrected chi connectivity index (χ0v) is 14.0. The first kappa shape index (κ1) is 16.0. The Morgan fingerprint density at radius 2 is 1.86 bits per heavy atom. The highest BCUT2D eigenvalue weighted by Crippen LogP contribution is 2.27. The molecule has 0 aliphatic carbocycles. The molecule has 1 aliphatic heterocycles. The summed E-state index contributed by atoms with van der Waals surface area (Å²) in [6.45, 7) is 11.8. The lowest BCUT2D eigenvalue weighted by atomic mass is 10.2. The Hall–Kier alpha value is -1.34.